The van der Waals surface area contributed by atoms with Crippen LogP contribution in [-0.2, 0) is 6.42 Å². The first-order valence-corrected chi connectivity index (χ1v) is 10.8. The largest absolute Gasteiger partial charge is 0.508 e. The molecule has 1 aliphatic heterocycles. The van der Waals surface area contributed by atoms with E-state index in [1.807, 2.05) is 25.2 Å². The molecule has 2 aromatic carbocycles. The number of hydrogen-bond acceptors (Lipinski definition) is 4. The van der Waals surface area contributed by atoms with Crippen molar-refractivity contribution in [3.8, 4) is 11.5 Å². The highest BCUT2D eigenvalue weighted by Crippen LogP contribution is 2.27. The van der Waals surface area contributed by atoms with Crippen molar-refractivity contribution in [1.82, 2.24) is 15.5 Å². The molecule has 1 fully saturated rings. The van der Waals surface area contributed by atoms with Crippen molar-refractivity contribution in [3.63, 3.8) is 0 Å². The van der Waals surface area contributed by atoms with Crippen molar-refractivity contribution in [2.45, 2.75) is 31.7 Å². The van der Waals surface area contributed by atoms with Gasteiger partial charge in [0.25, 0.3) is 0 Å². The number of phenols is 1. The van der Waals surface area contributed by atoms with Gasteiger partial charge in [0.15, 0.2) is 5.96 Å². The molecule has 3 rings (SSSR count). The minimum Gasteiger partial charge on any atom is -0.508 e. The number of phenolic OH excluding ortho intramolecular Hbond substituents is 1. The Hall–Kier alpha value is -2.00. The zero-order valence-electron chi connectivity index (χ0n) is 18.5. The molecule has 31 heavy (non-hydrogen) atoms. The van der Waals surface area contributed by atoms with Gasteiger partial charge in [-0.25, -0.2) is 0 Å². The molecule has 0 amide bonds. The third-order valence-electron chi connectivity index (χ3n) is 5.62. The molecule has 1 saturated heterocycles. The maximum atomic E-state index is 9.38. The monoisotopic (exact) mass is 538 g/mol. The molecule has 0 saturated carbocycles. The van der Waals surface area contributed by atoms with Gasteiger partial charge < -0.3 is 20.5 Å². The van der Waals surface area contributed by atoms with Crippen molar-refractivity contribution >= 4 is 29.9 Å². The summed E-state index contributed by atoms with van der Waals surface area (Å²) < 4.78 is 5.43. The minimum absolute atomic E-state index is 0. The lowest BCUT2D eigenvalue weighted by Crippen LogP contribution is -2.43. The number of nitrogens with zero attached hydrogens (tertiary/aromatic N) is 2. The second kappa shape index (κ2) is 13.4. The summed E-state index contributed by atoms with van der Waals surface area (Å²) in [6.07, 6.45) is 4.47. The summed E-state index contributed by atoms with van der Waals surface area (Å²) >= 11 is 0. The van der Waals surface area contributed by atoms with Gasteiger partial charge in [-0.3, -0.25) is 9.89 Å². The van der Waals surface area contributed by atoms with Crippen LogP contribution in [0.4, 0.5) is 0 Å². The number of methoxy groups -OCH3 is 1. The lowest BCUT2D eigenvalue weighted by atomic mass is 10.1. The van der Waals surface area contributed by atoms with Crippen molar-refractivity contribution < 1.29 is 9.84 Å². The summed E-state index contributed by atoms with van der Waals surface area (Å²) in [5.74, 6) is 2.03. The van der Waals surface area contributed by atoms with Gasteiger partial charge >= 0.3 is 0 Å². The summed E-state index contributed by atoms with van der Waals surface area (Å²) in [7, 11) is 3.53. The molecule has 1 atom stereocenters. The second-order valence-electron chi connectivity index (χ2n) is 7.69. The summed E-state index contributed by atoms with van der Waals surface area (Å²) in [6.45, 7) is 3.89. The number of likely N-dealkylation sites (tertiary alicyclic amines) is 1. The third kappa shape index (κ3) is 7.88. The number of hydrogen-bond donors (Lipinski definition) is 3. The van der Waals surface area contributed by atoms with Crippen LogP contribution in [0.1, 0.15) is 36.4 Å². The Kier molecular flexibility index (Phi) is 10.9. The Balaban J connectivity index is 0.00000341. The quantitative estimate of drug-likeness (QED) is 0.195. The summed E-state index contributed by atoms with van der Waals surface area (Å²) in [6, 6.07) is 16.1. The number of guanidine groups is 1. The van der Waals surface area contributed by atoms with E-state index in [0.29, 0.717) is 5.75 Å². The summed E-state index contributed by atoms with van der Waals surface area (Å²) in [5.41, 5.74) is 2.50. The van der Waals surface area contributed by atoms with Gasteiger partial charge in [0.05, 0.1) is 13.2 Å². The lowest BCUT2D eigenvalue weighted by Gasteiger charge is -2.29. The van der Waals surface area contributed by atoms with Crippen LogP contribution in [0.5, 0.6) is 11.5 Å². The molecule has 0 aromatic heterocycles. The van der Waals surface area contributed by atoms with Crippen molar-refractivity contribution in [2.24, 2.45) is 4.99 Å². The van der Waals surface area contributed by atoms with Crippen molar-refractivity contribution in [3.05, 3.63) is 59.7 Å². The van der Waals surface area contributed by atoms with Crippen LogP contribution in [0.25, 0.3) is 0 Å². The zero-order valence-corrected chi connectivity index (χ0v) is 20.8. The van der Waals surface area contributed by atoms with Gasteiger partial charge in [0, 0.05) is 20.1 Å². The molecule has 1 heterocycles. The first kappa shape index (κ1) is 25.3. The molecule has 0 radical (unpaired) electrons. The minimum atomic E-state index is 0. The van der Waals surface area contributed by atoms with Crippen LogP contribution >= 0.6 is 24.0 Å². The third-order valence-corrected chi connectivity index (χ3v) is 5.62. The smallest absolute Gasteiger partial charge is 0.191 e. The molecule has 0 bridgehead atoms. The number of aliphatic imine (C=N–C) groups is 1. The number of ether oxygens (including phenoxy) is 1. The van der Waals surface area contributed by atoms with Crippen molar-refractivity contribution in [1.29, 1.82) is 0 Å². The fourth-order valence-corrected chi connectivity index (χ4v) is 3.94. The van der Waals surface area contributed by atoms with Gasteiger partial charge in [-0.15, -0.1) is 24.0 Å². The SMILES string of the molecule is CN=C(NCCCc1ccc(O)cc1)NCC(c1cccc(OC)c1)N1CCCC1.I. The number of nitrogens with one attached hydrogen (secondary N) is 2. The highest BCUT2D eigenvalue weighted by atomic mass is 127. The summed E-state index contributed by atoms with van der Waals surface area (Å²) in [4.78, 5) is 6.93. The molecule has 6 nitrogen and oxygen atoms in total. The van der Waals surface area contributed by atoms with Gasteiger partial charge in [0.2, 0.25) is 0 Å². The van der Waals surface area contributed by atoms with Crippen LogP contribution < -0.4 is 15.4 Å². The Morgan fingerprint density at radius 3 is 2.55 bits per heavy atom. The Morgan fingerprint density at radius 2 is 1.87 bits per heavy atom. The van der Waals surface area contributed by atoms with Gasteiger partial charge in [-0.2, -0.15) is 0 Å². The van der Waals surface area contributed by atoms with Crippen LogP contribution in [-0.4, -0.2) is 56.3 Å². The number of aromatic hydroxyl groups is 1. The number of aryl methyl sites for hydroxylation is 1. The Bertz CT molecular complexity index is 807. The van der Waals surface area contributed by atoms with Gasteiger partial charge in [0.1, 0.15) is 11.5 Å². The predicted molar refractivity (Wildman–Crippen MR) is 138 cm³/mol. The van der Waals surface area contributed by atoms with Gasteiger partial charge in [-0.1, -0.05) is 24.3 Å². The van der Waals surface area contributed by atoms with E-state index in [4.69, 9.17) is 4.74 Å². The first-order valence-electron chi connectivity index (χ1n) is 10.8. The fraction of sp³-hybridized carbons (Fsp3) is 0.458. The predicted octanol–water partition coefficient (Wildman–Crippen LogP) is 3.95. The van der Waals surface area contributed by atoms with E-state index < -0.39 is 0 Å². The molecule has 7 heteroatoms. The Labute approximate surface area is 203 Å². The first-order chi connectivity index (χ1) is 14.7. The van der Waals surface area contributed by atoms with E-state index in [1.165, 1.54) is 24.0 Å². The van der Waals surface area contributed by atoms with E-state index >= 15 is 0 Å². The number of benzene rings is 2. The fourth-order valence-electron chi connectivity index (χ4n) is 3.94. The zero-order chi connectivity index (χ0) is 21.2. The van der Waals surface area contributed by atoms with Crippen LogP contribution in [0.2, 0.25) is 0 Å². The average Bonchev–Trinajstić information content (AvgIpc) is 3.31. The molecule has 2 aromatic rings. The van der Waals surface area contributed by atoms with Crippen molar-refractivity contribution in [2.75, 3.05) is 40.3 Å². The molecule has 3 N–H and O–H groups in total. The molecular weight excluding hydrogens is 503 g/mol. The van der Waals surface area contributed by atoms with E-state index in [9.17, 15) is 5.11 Å². The number of rotatable bonds is 9. The maximum absolute atomic E-state index is 9.38. The van der Waals surface area contributed by atoms with E-state index in [0.717, 1.165) is 50.7 Å². The lowest BCUT2D eigenvalue weighted by molar-refractivity contribution is 0.245. The number of halogens is 1. The molecule has 0 aliphatic carbocycles. The maximum Gasteiger partial charge on any atom is 0.191 e. The second-order valence-corrected chi connectivity index (χ2v) is 7.69. The molecule has 0 spiro atoms. The van der Waals surface area contributed by atoms with E-state index in [-0.39, 0.29) is 30.0 Å². The van der Waals surface area contributed by atoms with E-state index in [1.54, 1.807) is 19.2 Å². The van der Waals surface area contributed by atoms with E-state index in [2.05, 4.69) is 38.7 Å². The molecular formula is C24H35IN4O2. The molecule has 1 unspecified atom stereocenters. The highest BCUT2D eigenvalue weighted by Gasteiger charge is 2.24. The summed E-state index contributed by atoms with van der Waals surface area (Å²) in [5, 5.41) is 16.3. The van der Waals surface area contributed by atoms with Crippen LogP contribution in [0, 0.1) is 0 Å². The van der Waals surface area contributed by atoms with Crippen LogP contribution in [0.15, 0.2) is 53.5 Å². The van der Waals surface area contributed by atoms with Crippen LogP contribution in [0.3, 0.4) is 0 Å². The molecule has 170 valence electrons. The van der Waals surface area contributed by atoms with Gasteiger partial charge in [-0.05, 0) is 74.2 Å². The molecule has 1 aliphatic rings. The standard InChI is InChI=1S/C24H34N4O2.HI/c1-25-24(26-14-6-7-19-10-12-21(29)13-11-19)27-18-23(28-15-3-4-16-28)20-8-5-9-22(17-20)30-2;/h5,8-13,17,23,29H,3-4,6-7,14-16,18H2,1-2H3,(H2,25,26,27);1H. The Morgan fingerprint density at radius 1 is 1.13 bits per heavy atom. The topological polar surface area (TPSA) is 69.1 Å². The highest BCUT2D eigenvalue weighted by molar-refractivity contribution is 14.0. The normalized spacial score (nSPS) is 15.2. The average molecular weight is 538 g/mol.